The first-order chi connectivity index (χ1) is 13.0. The molecule has 2 amide bonds. The number of nitrogens with one attached hydrogen (secondary N) is 1. The third kappa shape index (κ3) is 7.14. The second kappa shape index (κ2) is 10.4. The van der Waals surface area contributed by atoms with Gasteiger partial charge in [0.1, 0.15) is 11.8 Å². The van der Waals surface area contributed by atoms with Crippen LogP contribution in [0.4, 0.5) is 0 Å². The number of rotatable bonds is 7. The van der Waals surface area contributed by atoms with Gasteiger partial charge in [0.15, 0.2) is 6.61 Å². The molecular weight excluding hydrogens is 342 g/mol. The maximum Gasteiger partial charge on any atom is 0.244 e. The first kappa shape index (κ1) is 20.5. The van der Waals surface area contributed by atoms with Gasteiger partial charge < -0.3 is 15.0 Å². The molecule has 1 saturated heterocycles. The topological polar surface area (TPSA) is 82.4 Å². The lowest BCUT2D eigenvalue weighted by Crippen LogP contribution is -2.46. The highest BCUT2D eigenvalue weighted by Crippen LogP contribution is 2.15. The molecule has 1 N–H and O–H groups in total. The van der Waals surface area contributed by atoms with E-state index in [0.29, 0.717) is 31.2 Å². The second-order valence-corrected chi connectivity index (χ2v) is 7.11. The summed E-state index contributed by atoms with van der Waals surface area (Å²) in [5.41, 5.74) is 0.878. The molecule has 0 bridgehead atoms. The predicted octanol–water partition coefficient (Wildman–Crippen LogP) is 2.76. The second-order valence-electron chi connectivity index (χ2n) is 7.11. The molecule has 2 rings (SSSR count). The highest BCUT2D eigenvalue weighted by atomic mass is 16.5. The van der Waals surface area contributed by atoms with Gasteiger partial charge in [-0.2, -0.15) is 5.26 Å². The molecule has 0 radical (unpaired) electrons. The Hall–Kier alpha value is -2.81. The molecule has 6 nitrogen and oxygen atoms in total. The SMILES string of the molecule is CC(C)CC(=O)N1CCC(NC(=O)/C=C/c2ccc(OCC#N)cc2)CC1. The molecule has 1 aliphatic rings. The number of nitriles is 1. The molecule has 0 spiro atoms. The zero-order chi connectivity index (χ0) is 19.6. The molecule has 0 aromatic heterocycles. The number of carbonyl (C=O) groups is 2. The monoisotopic (exact) mass is 369 g/mol. The van der Waals surface area contributed by atoms with Gasteiger partial charge in [0.25, 0.3) is 0 Å². The predicted molar refractivity (Wildman–Crippen MR) is 104 cm³/mol. The summed E-state index contributed by atoms with van der Waals surface area (Å²) in [6.07, 6.45) is 5.41. The summed E-state index contributed by atoms with van der Waals surface area (Å²) in [6.45, 7) is 5.50. The van der Waals surface area contributed by atoms with E-state index in [4.69, 9.17) is 10.00 Å². The minimum absolute atomic E-state index is 0.0134. The van der Waals surface area contributed by atoms with Crippen LogP contribution in [-0.2, 0) is 9.59 Å². The van der Waals surface area contributed by atoms with Crippen molar-refractivity contribution in [1.82, 2.24) is 10.2 Å². The largest absolute Gasteiger partial charge is 0.479 e. The van der Waals surface area contributed by atoms with Gasteiger partial charge in [-0.05, 0) is 42.5 Å². The van der Waals surface area contributed by atoms with Gasteiger partial charge in [0.2, 0.25) is 11.8 Å². The summed E-state index contributed by atoms with van der Waals surface area (Å²) in [5, 5.41) is 11.5. The Balaban J connectivity index is 1.75. The smallest absolute Gasteiger partial charge is 0.244 e. The molecule has 1 aromatic carbocycles. The Morgan fingerprint density at radius 2 is 1.96 bits per heavy atom. The van der Waals surface area contributed by atoms with Crippen molar-refractivity contribution in [2.24, 2.45) is 5.92 Å². The van der Waals surface area contributed by atoms with Gasteiger partial charge in [-0.15, -0.1) is 0 Å². The van der Waals surface area contributed by atoms with E-state index in [1.54, 1.807) is 18.2 Å². The molecule has 0 atom stereocenters. The molecule has 27 heavy (non-hydrogen) atoms. The Morgan fingerprint density at radius 3 is 2.56 bits per heavy atom. The van der Waals surface area contributed by atoms with E-state index in [1.165, 1.54) is 6.08 Å². The van der Waals surface area contributed by atoms with Crippen molar-refractivity contribution in [3.8, 4) is 11.8 Å². The van der Waals surface area contributed by atoms with E-state index in [0.717, 1.165) is 18.4 Å². The summed E-state index contributed by atoms with van der Waals surface area (Å²) in [5.74, 6) is 1.06. The Kier molecular flexibility index (Phi) is 7.87. The third-order valence-corrected chi connectivity index (χ3v) is 4.39. The molecule has 6 heteroatoms. The van der Waals surface area contributed by atoms with Crippen LogP contribution in [-0.4, -0.2) is 42.5 Å². The number of hydrogen-bond donors (Lipinski definition) is 1. The summed E-state index contributed by atoms with van der Waals surface area (Å²) >= 11 is 0. The molecule has 1 aromatic rings. The fraction of sp³-hybridized carbons (Fsp3) is 0.476. The molecule has 144 valence electrons. The summed E-state index contributed by atoms with van der Waals surface area (Å²) < 4.78 is 5.19. The number of amides is 2. The van der Waals surface area contributed by atoms with Crippen LogP contribution in [0.15, 0.2) is 30.3 Å². The quantitative estimate of drug-likeness (QED) is 0.749. The first-order valence-electron chi connectivity index (χ1n) is 9.34. The number of piperidine rings is 1. The van der Waals surface area contributed by atoms with Crippen LogP contribution in [0.5, 0.6) is 5.75 Å². The van der Waals surface area contributed by atoms with E-state index in [9.17, 15) is 9.59 Å². The number of likely N-dealkylation sites (tertiary alicyclic amines) is 1. The van der Waals surface area contributed by atoms with Crippen molar-refractivity contribution in [3.05, 3.63) is 35.9 Å². The lowest BCUT2D eigenvalue weighted by molar-refractivity contribution is -0.133. The zero-order valence-corrected chi connectivity index (χ0v) is 16.0. The van der Waals surface area contributed by atoms with Crippen molar-refractivity contribution < 1.29 is 14.3 Å². The molecule has 0 saturated carbocycles. The van der Waals surface area contributed by atoms with Crippen LogP contribution < -0.4 is 10.1 Å². The Labute approximate surface area is 160 Å². The molecule has 1 fully saturated rings. The lowest BCUT2D eigenvalue weighted by Gasteiger charge is -2.32. The van der Waals surface area contributed by atoms with Crippen LogP contribution in [0.1, 0.15) is 38.7 Å². The van der Waals surface area contributed by atoms with Gasteiger partial charge in [0.05, 0.1) is 0 Å². The Bertz CT molecular complexity index is 696. The standard InChI is InChI=1S/C21H27N3O3/c1-16(2)15-21(26)24-12-9-18(10-13-24)23-20(25)8-5-17-3-6-19(7-4-17)27-14-11-22/h3-8,16,18H,9-10,12-15H2,1-2H3,(H,23,25)/b8-5+. The summed E-state index contributed by atoms with van der Waals surface area (Å²) in [6, 6.07) is 9.20. The number of nitrogens with zero attached hydrogens (tertiary/aromatic N) is 2. The maximum atomic E-state index is 12.1. The van der Waals surface area contributed by atoms with E-state index in [2.05, 4.69) is 5.32 Å². The lowest BCUT2D eigenvalue weighted by atomic mass is 10.0. The number of ether oxygens (including phenoxy) is 1. The molecule has 1 heterocycles. The van der Waals surface area contributed by atoms with E-state index < -0.39 is 0 Å². The fourth-order valence-corrected chi connectivity index (χ4v) is 2.96. The van der Waals surface area contributed by atoms with Crippen molar-refractivity contribution in [1.29, 1.82) is 5.26 Å². The van der Waals surface area contributed by atoms with Crippen LogP contribution in [0, 0.1) is 17.2 Å². The molecular formula is C21H27N3O3. The van der Waals surface area contributed by atoms with Crippen molar-refractivity contribution in [2.45, 2.75) is 39.2 Å². The maximum absolute atomic E-state index is 12.1. The van der Waals surface area contributed by atoms with Crippen LogP contribution in [0.25, 0.3) is 6.08 Å². The van der Waals surface area contributed by atoms with Gasteiger partial charge >= 0.3 is 0 Å². The Morgan fingerprint density at radius 1 is 1.30 bits per heavy atom. The van der Waals surface area contributed by atoms with Crippen LogP contribution >= 0.6 is 0 Å². The zero-order valence-electron chi connectivity index (χ0n) is 16.0. The summed E-state index contributed by atoms with van der Waals surface area (Å²) in [4.78, 5) is 26.1. The van der Waals surface area contributed by atoms with E-state index in [1.807, 2.05) is 36.9 Å². The van der Waals surface area contributed by atoms with Gasteiger partial charge in [-0.25, -0.2) is 0 Å². The first-order valence-corrected chi connectivity index (χ1v) is 9.34. The molecule has 1 aliphatic heterocycles. The van der Waals surface area contributed by atoms with Gasteiger partial charge in [-0.3, -0.25) is 9.59 Å². The number of benzene rings is 1. The third-order valence-electron chi connectivity index (χ3n) is 4.39. The van der Waals surface area contributed by atoms with E-state index >= 15 is 0 Å². The highest BCUT2D eigenvalue weighted by molar-refractivity contribution is 5.91. The number of hydrogen-bond acceptors (Lipinski definition) is 4. The normalized spacial score (nSPS) is 15.0. The van der Waals surface area contributed by atoms with Crippen molar-refractivity contribution in [2.75, 3.05) is 19.7 Å². The minimum Gasteiger partial charge on any atom is -0.479 e. The van der Waals surface area contributed by atoms with Gasteiger partial charge in [0, 0.05) is 31.6 Å². The summed E-state index contributed by atoms with van der Waals surface area (Å²) in [7, 11) is 0. The number of carbonyl (C=O) groups excluding carboxylic acids is 2. The van der Waals surface area contributed by atoms with Crippen LogP contribution in [0.3, 0.4) is 0 Å². The van der Waals surface area contributed by atoms with Crippen LogP contribution in [0.2, 0.25) is 0 Å². The van der Waals surface area contributed by atoms with E-state index in [-0.39, 0.29) is 24.5 Å². The molecule has 0 aliphatic carbocycles. The minimum atomic E-state index is -0.133. The highest BCUT2D eigenvalue weighted by Gasteiger charge is 2.23. The van der Waals surface area contributed by atoms with Crippen molar-refractivity contribution in [3.63, 3.8) is 0 Å². The van der Waals surface area contributed by atoms with Crippen molar-refractivity contribution >= 4 is 17.9 Å². The van der Waals surface area contributed by atoms with Gasteiger partial charge in [-0.1, -0.05) is 26.0 Å². The molecule has 0 unspecified atom stereocenters. The fourth-order valence-electron chi connectivity index (χ4n) is 2.96. The average molecular weight is 369 g/mol. The average Bonchev–Trinajstić information content (AvgIpc) is 2.65.